The van der Waals surface area contributed by atoms with Crippen LogP contribution in [0.4, 0.5) is 10.5 Å². The van der Waals surface area contributed by atoms with Crippen molar-refractivity contribution in [2.75, 3.05) is 18.5 Å². The molecule has 1 aliphatic rings. The number of nitrogens with zero attached hydrogens (tertiary/aromatic N) is 1. The van der Waals surface area contributed by atoms with Crippen LogP contribution in [-0.2, 0) is 9.53 Å². The highest BCUT2D eigenvalue weighted by atomic mass is 16.5. The van der Waals surface area contributed by atoms with Gasteiger partial charge in [0.1, 0.15) is 6.61 Å². The molecule has 0 bridgehead atoms. The summed E-state index contributed by atoms with van der Waals surface area (Å²) in [5.41, 5.74) is 3.50. The highest BCUT2D eigenvalue weighted by molar-refractivity contribution is 6.01. The van der Waals surface area contributed by atoms with E-state index in [-0.39, 0.29) is 30.5 Å². The van der Waals surface area contributed by atoms with E-state index >= 15 is 0 Å². The first kappa shape index (κ1) is 23.9. The number of anilines is 1. The van der Waals surface area contributed by atoms with Gasteiger partial charge >= 0.3 is 12.1 Å². The molecule has 0 radical (unpaired) electrons. The average molecular weight is 474 g/mol. The smallest absolute Gasteiger partial charge is 0.411 e. The second-order valence-corrected chi connectivity index (χ2v) is 8.75. The van der Waals surface area contributed by atoms with Gasteiger partial charge in [0.25, 0.3) is 5.91 Å². The molecule has 2 aromatic carbocycles. The second kappa shape index (κ2) is 9.97. The Bertz CT molecular complexity index is 1230. The molecule has 0 aliphatic heterocycles. The molecule has 3 aromatic rings. The van der Waals surface area contributed by atoms with Crippen molar-refractivity contribution >= 4 is 23.7 Å². The number of carbonyl (C=O) groups is 3. The number of carboxylic acid groups (broad SMARTS) is 1. The summed E-state index contributed by atoms with van der Waals surface area (Å²) in [5.74, 6) is -1.67. The maximum absolute atomic E-state index is 12.7. The molecule has 1 heterocycles. The van der Waals surface area contributed by atoms with Crippen LogP contribution >= 0.6 is 0 Å². The fourth-order valence-electron chi connectivity index (χ4n) is 4.14. The maximum atomic E-state index is 12.7. The average Bonchev–Trinajstić information content (AvgIpc) is 3.19. The van der Waals surface area contributed by atoms with Crippen molar-refractivity contribution in [2.45, 2.75) is 26.2 Å². The zero-order valence-electron chi connectivity index (χ0n) is 19.6. The van der Waals surface area contributed by atoms with E-state index in [0.717, 1.165) is 22.3 Å². The number of pyridine rings is 1. The Morgan fingerprint density at radius 2 is 1.63 bits per heavy atom. The van der Waals surface area contributed by atoms with E-state index in [1.165, 1.54) is 6.20 Å². The largest absolute Gasteiger partial charge is 0.481 e. The third kappa shape index (κ3) is 4.87. The van der Waals surface area contributed by atoms with E-state index in [4.69, 9.17) is 4.74 Å². The number of fused-ring (bicyclic) bond motifs is 3. The van der Waals surface area contributed by atoms with Crippen molar-refractivity contribution in [2.24, 2.45) is 5.41 Å². The van der Waals surface area contributed by atoms with E-state index in [1.807, 2.05) is 36.4 Å². The van der Waals surface area contributed by atoms with Crippen molar-refractivity contribution in [3.05, 3.63) is 83.7 Å². The lowest BCUT2D eigenvalue weighted by Gasteiger charge is -2.23. The molecule has 0 spiro atoms. The molecule has 8 heteroatoms. The summed E-state index contributed by atoms with van der Waals surface area (Å²) in [6.45, 7) is 3.36. The van der Waals surface area contributed by atoms with E-state index in [0.29, 0.717) is 6.42 Å². The van der Waals surface area contributed by atoms with Crippen molar-refractivity contribution in [1.29, 1.82) is 0 Å². The third-order valence-electron chi connectivity index (χ3n) is 6.54. The number of benzene rings is 2. The molecule has 8 nitrogen and oxygen atoms in total. The molecular weight excluding hydrogens is 446 g/mol. The molecule has 4 rings (SSSR count). The van der Waals surface area contributed by atoms with E-state index in [2.05, 4.69) is 27.8 Å². The summed E-state index contributed by atoms with van der Waals surface area (Å²) in [6, 6.07) is 19.2. The first-order chi connectivity index (χ1) is 16.8. The molecule has 1 aliphatic carbocycles. The number of carboxylic acids is 1. The maximum Gasteiger partial charge on any atom is 0.411 e. The summed E-state index contributed by atoms with van der Waals surface area (Å²) in [6.07, 6.45) is 1.06. The molecule has 180 valence electrons. The van der Waals surface area contributed by atoms with Crippen LogP contribution in [0.3, 0.4) is 0 Å². The lowest BCUT2D eigenvalue weighted by molar-refractivity contribution is -0.147. The zero-order chi connectivity index (χ0) is 25.0. The van der Waals surface area contributed by atoms with Gasteiger partial charge in [0.2, 0.25) is 0 Å². The Hall–Kier alpha value is -4.20. The summed E-state index contributed by atoms with van der Waals surface area (Å²) in [4.78, 5) is 40.9. The third-order valence-corrected chi connectivity index (χ3v) is 6.54. The fourth-order valence-corrected chi connectivity index (χ4v) is 4.14. The number of carbonyl (C=O) groups excluding carboxylic acids is 2. The summed E-state index contributed by atoms with van der Waals surface area (Å²) in [7, 11) is 0. The van der Waals surface area contributed by atoms with Gasteiger partial charge in [0.05, 0.1) is 11.1 Å². The molecule has 1 aromatic heterocycles. The molecule has 0 saturated carbocycles. The SMILES string of the molecule is CCC(C)(CNC(=O)c1ncccc1NC(=O)OCC1c2ccccc2-c2ccccc21)C(=O)O. The van der Waals surface area contributed by atoms with Gasteiger partial charge in [-0.05, 0) is 47.7 Å². The van der Waals surface area contributed by atoms with Crippen LogP contribution in [0.5, 0.6) is 0 Å². The van der Waals surface area contributed by atoms with Crippen LogP contribution in [0, 0.1) is 5.41 Å². The number of ether oxygens (including phenoxy) is 1. The minimum atomic E-state index is -1.11. The molecule has 0 saturated heterocycles. The van der Waals surface area contributed by atoms with E-state index in [9.17, 15) is 19.5 Å². The Kier molecular flexibility index (Phi) is 6.82. The number of hydrogen-bond acceptors (Lipinski definition) is 5. The summed E-state index contributed by atoms with van der Waals surface area (Å²) < 4.78 is 5.55. The standard InChI is InChI=1S/C27H27N3O5/c1-3-27(2,25(32)33)16-29-24(31)23-22(13-8-14-28-23)30-26(34)35-15-21-19-11-6-4-9-17(19)18-10-5-7-12-20(18)21/h4-14,21H,3,15-16H2,1-2H3,(H,29,31)(H,30,34)(H,32,33). The normalized spacial score (nSPS) is 13.8. The van der Waals surface area contributed by atoms with Gasteiger partial charge in [-0.1, -0.05) is 55.5 Å². The van der Waals surface area contributed by atoms with Crippen LogP contribution in [0.15, 0.2) is 66.9 Å². The molecule has 1 atom stereocenters. The van der Waals surface area contributed by atoms with Gasteiger partial charge in [0.15, 0.2) is 5.69 Å². The minimum absolute atomic E-state index is 0.0233. The number of nitrogens with one attached hydrogen (secondary N) is 2. The molecular formula is C27H27N3O5. The Morgan fingerprint density at radius 3 is 2.23 bits per heavy atom. The highest BCUT2D eigenvalue weighted by Crippen LogP contribution is 2.44. The Morgan fingerprint density at radius 1 is 1.00 bits per heavy atom. The van der Waals surface area contributed by atoms with Gasteiger partial charge < -0.3 is 15.2 Å². The lowest BCUT2D eigenvalue weighted by atomic mass is 9.87. The molecule has 3 N–H and O–H groups in total. The quantitative estimate of drug-likeness (QED) is 0.438. The molecule has 0 fully saturated rings. The zero-order valence-corrected chi connectivity index (χ0v) is 19.6. The van der Waals surface area contributed by atoms with Crippen LogP contribution in [-0.4, -0.2) is 41.2 Å². The van der Waals surface area contributed by atoms with Gasteiger partial charge in [-0.15, -0.1) is 0 Å². The fraction of sp³-hybridized carbons (Fsp3) is 0.259. The predicted molar refractivity (Wildman–Crippen MR) is 131 cm³/mol. The monoisotopic (exact) mass is 473 g/mol. The highest BCUT2D eigenvalue weighted by Gasteiger charge is 2.32. The number of aliphatic carboxylic acids is 1. The molecule has 2 amide bonds. The van der Waals surface area contributed by atoms with Crippen molar-refractivity contribution < 1.29 is 24.2 Å². The van der Waals surface area contributed by atoms with Crippen LogP contribution in [0.1, 0.15) is 47.8 Å². The number of amides is 2. The predicted octanol–water partition coefficient (Wildman–Crippen LogP) is 4.67. The number of rotatable bonds is 8. The van der Waals surface area contributed by atoms with Gasteiger partial charge in [-0.3, -0.25) is 14.9 Å². The second-order valence-electron chi connectivity index (χ2n) is 8.75. The van der Waals surface area contributed by atoms with Crippen LogP contribution in [0.2, 0.25) is 0 Å². The van der Waals surface area contributed by atoms with Crippen molar-refractivity contribution in [3.8, 4) is 11.1 Å². The number of aromatic nitrogens is 1. The lowest BCUT2D eigenvalue weighted by Crippen LogP contribution is -2.41. The van der Waals surface area contributed by atoms with Crippen LogP contribution in [0.25, 0.3) is 11.1 Å². The van der Waals surface area contributed by atoms with Crippen molar-refractivity contribution in [1.82, 2.24) is 10.3 Å². The van der Waals surface area contributed by atoms with Crippen LogP contribution < -0.4 is 10.6 Å². The van der Waals surface area contributed by atoms with E-state index < -0.39 is 23.4 Å². The first-order valence-electron chi connectivity index (χ1n) is 11.4. The van der Waals surface area contributed by atoms with Gasteiger partial charge in [-0.2, -0.15) is 0 Å². The Balaban J connectivity index is 1.43. The molecule has 1 unspecified atom stereocenters. The summed E-state index contributed by atoms with van der Waals surface area (Å²) >= 11 is 0. The Labute approximate surface area is 203 Å². The summed E-state index contributed by atoms with van der Waals surface area (Å²) in [5, 5.41) is 14.6. The number of hydrogen-bond donors (Lipinski definition) is 3. The topological polar surface area (TPSA) is 118 Å². The van der Waals surface area contributed by atoms with Crippen molar-refractivity contribution in [3.63, 3.8) is 0 Å². The first-order valence-corrected chi connectivity index (χ1v) is 11.4. The molecule has 35 heavy (non-hydrogen) atoms. The van der Waals surface area contributed by atoms with Gasteiger partial charge in [0, 0.05) is 18.7 Å². The van der Waals surface area contributed by atoms with Gasteiger partial charge in [-0.25, -0.2) is 9.78 Å². The van der Waals surface area contributed by atoms with E-state index in [1.54, 1.807) is 26.0 Å². The minimum Gasteiger partial charge on any atom is -0.481 e.